The Labute approximate surface area is 222 Å². The maximum Gasteiger partial charge on any atom is 0.416 e. The molecule has 0 unspecified atom stereocenters. The Bertz CT molecular complexity index is 1330. The lowest BCUT2D eigenvalue weighted by molar-refractivity contribution is -0.137. The van der Waals surface area contributed by atoms with Crippen LogP contribution in [0.2, 0.25) is 15.1 Å². The molecule has 0 spiro atoms. The van der Waals surface area contributed by atoms with Gasteiger partial charge in [0, 0.05) is 5.69 Å². The standard InChI is InChI=1S/C24H13BrCl3F3N2O2/c25-18-7-14(9-21(28)22(18)35-12-13-4-5-19(26)20(27)8-13)6-15(11-32)23(34)33-17-3-1-2-16(10-17)24(29,30)31/h1-10H,12H2,(H,33,34)/b15-6-. The predicted octanol–water partition coefficient (Wildman–Crippen LogP) is 8.55. The van der Waals surface area contributed by atoms with Gasteiger partial charge in [-0.05, 0) is 75.6 Å². The van der Waals surface area contributed by atoms with Crippen molar-refractivity contribution in [1.82, 2.24) is 0 Å². The lowest BCUT2D eigenvalue weighted by Crippen LogP contribution is -2.14. The van der Waals surface area contributed by atoms with E-state index in [4.69, 9.17) is 39.5 Å². The van der Waals surface area contributed by atoms with Crippen molar-refractivity contribution in [3.63, 3.8) is 0 Å². The number of carbonyl (C=O) groups is 1. The molecule has 3 aromatic carbocycles. The zero-order valence-corrected chi connectivity index (χ0v) is 21.2. The maximum atomic E-state index is 12.9. The van der Waals surface area contributed by atoms with E-state index in [1.54, 1.807) is 30.3 Å². The van der Waals surface area contributed by atoms with E-state index in [2.05, 4.69) is 21.2 Å². The second-order valence-electron chi connectivity index (χ2n) is 7.05. The zero-order valence-electron chi connectivity index (χ0n) is 17.4. The molecule has 1 N–H and O–H groups in total. The third kappa shape index (κ3) is 7.15. The number of nitrogens with zero attached hydrogens (tertiary/aromatic N) is 1. The highest BCUT2D eigenvalue weighted by atomic mass is 79.9. The molecule has 0 saturated heterocycles. The van der Waals surface area contributed by atoms with Crippen LogP contribution in [-0.2, 0) is 17.6 Å². The van der Waals surface area contributed by atoms with Crippen molar-refractivity contribution in [2.24, 2.45) is 0 Å². The number of alkyl halides is 3. The van der Waals surface area contributed by atoms with E-state index in [-0.39, 0.29) is 22.9 Å². The maximum absolute atomic E-state index is 12.9. The van der Waals surface area contributed by atoms with Crippen LogP contribution in [0.25, 0.3) is 6.08 Å². The van der Waals surface area contributed by atoms with Crippen molar-refractivity contribution in [3.05, 3.63) is 96.4 Å². The molecule has 0 radical (unpaired) electrons. The van der Waals surface area contributed by atoms with Gasteiger partial charge in [0.1, 0.15) is 18.2 Å². The summed E-state index contributed by atoms with van der Waals surface area (Å²) in [6, 6.07) is 13.9. The number of amides is 1. The van der Waals surface area contributed by atoms with Gasteiger partial charge in [-0.25, -0.2) is 0 Å². The van der Waals surface area contributed by atoms with Gasteiger partial charge in [0.15, 0.2) is 5.75 Å². The van der Waals surface area contributed by atoms with Crippen molar-refractivity contribution in [1.29, 1.82) is 5.26 Å². The molecule has 0 fully saturated rings. The van der Waals surface area contributed by atoms with Gasteiger partial charge in [0.25, 0.3) is 5.91 Å². The number of carbonyl (C=O) groups excluding carboxylic acids is 1. The van der Waals surface area contributed by atoms with Gasteiger partial charge >= 0.3 is 6.18 Å². The number of hydrogen-bond donors (Lipinski definition) is 1. The fourth-order valence-corrected chi connectivity index (χ4v) is 4.18. The van der Waals surface area contributed by atoms with E-state index in [1.807, 2.05) is 0 Å². The third-order valence-electron chi connectivity index (χ3n) is 4.51. The van der Waals surface area contributed by atoms with Crippen LogP contribution in [0, 0.1) is 11.3 Å². The molecule has 0 aliphatic rings. The lowest BCUT2D eigenvalue weighted by atomic mass is 10.1. The fraction of sp³-hybridized carbons (Fsp3) is 0.0833. The van der Waals surface area contributed by atoms with Crippen molar-refractivity contribution >= 4 is 68.4 Å². The SMILES string of the molecule is N#C/C(=C/c1cc(Cl)c(OCc2ccc(Cl)c(Cl)c2)c(Br)c1)C(=O)Nc1cccc(C(F)(F)F)c1. The van der Waals surface area contributed by atoms with Gasteiger partial charge in [0.05, 0.1) is 25.1 Å². The number of nitrogens with one attached hydrogen (secondary N) is 1. The summed E-state index contributed by atoms with van der Waals surface area (Å²) < 4.78 is 44.9. The quantitative estimate of drug-likeness (QED) is 0.227. The number of benzene rings is 3. The first-order valence-corrected chi connectivity index (χ1v) is 11.6. The number of rotatable bonds is 6. The van der Waals surface area contributed by atoms with E-state index >= 15 is 0 Å². The molecule has 4 nitrogen and oxygen atoms in total. The molecule has 0 atom stereocenters. The van der Waals surface area contributed by atoms with E-state index in [9.17, 15) is 23.2 Å². The predicted molar refractivity (Wildman–Crippen MR) is 134 cm³/mol. The molecule has 0 aromatic heterocycles. The number of halogens is 7. The Morgan fingerprint density at radius 1 is 1.06 bits per heavy atom. The average molecular weight is 605 g/mol. The molecule has 35 heavy (non-hydrogen) atoms. The topological polar surface area (TPSA) is 62.1 Å². The molecule has 180 valence electrons. The Morgan fingerprint density at radius 3 is 2.43 bits per heavy atom. The molecule has 0 heterocycles. The largest absolute Gasteiger partial charge is 0.486 e. The van der Waals surface area contributed by atoms with Crippen LogP contribution in [0.15, 0.2) is 64.6 Å². The minimum absolute atomic E-state index is 0.101. The highest BCUT2D eigenvalue weighted by molar-refractivity contribution is 9.10. The molecule has 3 rings (SSSR count). The first-order chi connectivity index (χ1) is 16.5. The van der Waals surface area contributed by atoms with E-state index in [0.717, 1.165) is 23.8 Å². The van der Waals surface area contributed by atoms with Gasteiger partial charge in [-0.15, -0.1) is 0 Å². The third-order valence-corrected chi connectivity index (χ3v) is 6.12. The molecule has 1 amide bonds. The zero-order chi connectivity index (χ0) is 25.8. The lowest BCUT2D eigenvalue weighted by Gasteiger charge is -2.12. The van der Waals surface area contributed by atoms with Gasteiger partial charge in [-0.2, -0.15) is 18.4 Å². The Morgan fingerprint density at radius 2 is 1.80 bits per heavy atom. The van der Waals surface area contributed by atoms with Crippen molar-refractivity contribution in [2.45, 2.75) is 12.8 Å². The molecular weight excluding hydrogens is 592 g/mol. The van der Waals surface area contributed by atoms with Crippen LogP contribution in [0.1, 0.15) is 16.7 Å². The first-order valence-electron chi connectivity index (χ1n) is 9.64. The van der Waals surface area contributed by atoms with Crippen LogP contribution in [0.4, 0.5) is 18.9 Å². The smallest absolute Gasteiger partial charge is 0.416 e. The number of ether oxygens (including phenoxy) is 1. The summed E-state index contributed by atoms with van der Waals surface area (Å²) >= 11 is 21.6. The number of hydrogen-bond acceptors (Lipinski definition) is 3. The second kappa shape index (κ2) is 11.4. The summed E-state index contributed by atoms with van der Waals surface area (Å²) in [5, 5.41) is 12.7. The Balaban J connectivity index is 1.77. The Kier molecular flexibility index (Phi) is 8.73. The summed E-state index contributed by atoms with van der Waals surface area (Å²) in [5.41, 5.74) is -0.222. The number of anilines is 1. The minimum Gasteiger partial charge on any atom is -0.486 e. The fourth-order valence-electron chi connectivity index (χ4n) is 2.87. The summed E-state index contributed by atoms with van der Waals surface area (Å²) in [7, 11) is 0. The summed E-state index contributed by atoms with van der Waals surface area (Å²) in [6.45, 7) is 0.146. The van der Waals surface area contributed by atoms with Gasteiger partial charge in [0.2, 0.25) is 0 Å². The molecular formula is C24H13BrCl3F3N2O2. The van der Waals surface area contributed by atoms with Gasteiger partial charge < -0.3 is 10.1 Å². The summed E-state index contributed by atoms with van der Waals surface area (Å²) in [5.74, 6) is -0.555. The van der Waals surface area contributed by atoms with Crippen LogP contribution in [0.5, 0.6) is 5.75 Å². The molecule has 0 aliphatic heterocycles. The van der Waals surface area contributed by atoms with Crippen LogP contribution < -0.4 is 10.1 Å². The monoisotopic (exact) mass is 602 g/mol. The van der Waals surface area contributed by atoms with Crippen molar-refractivity contribution in [3.8, 4) is 11.8 Å². The molecule has 11 heteroatoms. The molecule has 0 saturated carbocycles. The summed E-state index contributed by atoms with van der Waals surface area (Å²) in [6.07, 6.45) is -3.32. The minimum atomic E-state index is -4.57. The first kappa shape index (κ1) is 26.9. The van der Waals surface area contributed by atoms with E-state index < -0.39 is 17.6 Å². The molecule has 3 aromatic rings. The van der Waals surface area contributed by atoms with Crippen molar-refractivity contribution < 1.29 is 22.7 Å². The molecule has 0 aliphatic carbocycles. The van der Waals surface area contributed by atoms with Crippen LogP contribution >= 0.6 is 50.7 Å². The summed E-state index contributed by atoms with van der Waals surface area (Å²) in [4.78, 5) is 12.5. The number of nitriles is 1. The average Bonchev–Trinajstić information content (AvgIpc) is 2.78. The highest BCUT2D eigenvalue weighted by Crippen LogP contribution is 2.36. The van der Waals surface area contributed by atoms with Gasteiger partial charge in [-0.1, -0.05) is 46.9 Å². The van der Waals surface area contributed by atoms with Crippen LogP contribution in [-0.4, -0.2) is 5.91 Å². The van der Waals surface area contributed by atoms with Gasteiger partial charge in [-0.3, -0.25) is 4.79 Å². The molecule has 0 bridgehead atoms. The van der Waals surface area contributed by atoms with Crippen LogP contribution in [0.3, 0.4) is 0 Å². The Hall–Kier alpha value is -2.70. The second-order valence-corrected chi connectivity index (χ2v) is 9.13. The normalized spacial score (nSPS) is 11.7. The highest BCUT2D eigenvalue weighted by Gasteiger charge is 2.30. The van der Waals surface area contributed by atoms with E-state index in [0.29, 0.717) is 25.8 Å². The van der Waals surface area contributed by atoms with Crippen molar-refractivity contribution in [2.75, 3.05) is 5.32 Å². The van der Waals surface area contributed by atoms with E-state index in [1.165, 1.54) is 18.2 Å².